The van der Waals surface area contributed by atoms with Crippen LogP contribution in [0.4, 0.5) is 5.69 Å². The molecule has 0 aliphatic heterocycles. The van der Waals surface area contributed by atoms with Crippen molar-refractivity contribution in [2.24, 2.45) is 0 Å². The summed E-state index contributed by atoms with van der Waals surface area (Å²) in [5.41, 5.74) is 3.99. The fraction of sp³-hybridized carbons (Fsp3) is 0.0667. The van der Waals surface area contributed by atoms with Crippen molar-refractivity contribution in [3.05, 3.63) is 64.0 Å². The van der Waals surface area contributed by atoms with E-state index in [0.717, 1.165) is 27.0 Å². The van der Waals surface area contributed by atoms with Crippen LogP contribution < -0.4 is 5.32 Å². The molecule has 3 rings (SSSR count). The Kier molecular flexibility index (Phi) is 4.22. The van der Waals surface area contributed by atoms with Crippen molar-refractivity contribution in [1.29, 1.82) is 0 Å². The van der Waals surface area contributed by atoms with E-state index in [-0.39, 0.29) is 0 Å². The second-order valence-corrected chi connectivity index (χ2v) is 5.78. The summed E-state index contributed by atoms with van der Waals surface area (Å²) in [6.45, 7) is 0.639. The molecule has 1 aromatic carbocycles. The molecule has 0 radical (unpaired) electrons. The molecule has 2 N–H and O–H groups in total. The quantitative estimate of drug-likeness (QED) is 0.717. The second-order valence-electron chi connectivity index (χ2n) is 4.49. The zero-order valence-corrected chi connectivity index (χ0v) is 13.3. The van der Waals surface area contributed by atoms with E-state index in [1.165, 1.54) is 0 Å². The Balaban J connectivity index is 1.81. The molecule has 0 spiro atoms. The first-order chi connectivity index (χ1) is 10.2. The molecule has 0 unspecified atom stereocenters. The van der Waals surface area contributed by atoms with Crippen molar-refractivity contribution in [2.75, 3.05) is 5.32 Å². The molecule has 0 aliphatic rings. The van der Waals surface area contributed by atoms with Gasteiger partial charge < -0.3 is 5.32 Å². The molecule has 0 atom stereocenters. The Morgan fingerprint density at radius 3 is 2.95 bits per heavy atom. The number of nitrogens with one attached hydrogen (secondary N) is 2. The first kappa shape index (κ1) is 14.1. The molecule has 0 saturated carbocycles. The standard InChI is InChI=1S/C15H12BrClN4/c16-13-4-3-12(17)6-14(13)19-8-11-9-20-21-15(11)10-2-1-5-18-7-10/h1-7,9,19H,8H2,(H,20,21). The van der Waals surface area contributed by atoms with E-state index < -0.39 is 0 Å². The van der Waals surface area contributed by atoms with Crippen LogP contribution in [0.15, 0.2) is 53.4 Å². The van der Waals surface area contributed by atoms with E-state index in [2.05, 4.69) is 36.4 Å². The van der Waals surface area contributed by atoms with Crippen molar-refractivity contribution in [2.45, 2.75) is 6.54 Å². The normalized spacial score (nSPS) is 10.6. The number of pyridine rings is 1. The first-order valence-electron chi connectivity index (χ1n) is 6.35. The van der Waals surface area contributed by atoms with Crippen molar-refractivity contribution >= 4 is 33.2 Å². The fourth-order valence-corrected chi connectivity index (χ4v) is 2.59. The Hall–Kier alpha value is -1.85. The Morgan fingerprint density at radius 1 is 1.24 bits per heavy atom. The summed E-state index contributed by atoms with van der Waals surface area (Å²) in [6.07, 6.45) is 5.38. The van der Waals surface area contributed by atoms with Crippen LogP contribution in [0.1, 0.15) is 5.56 Å². The van der Waals surface area contributed by atoms with Gasteiger partial charge >= 0.3 is 0 Å². The van der Waals surface area contributed by atoms with Gasteiger partial charge in [-0.3, -0.25) is 10.1 Å². The summed E-state index contributed by atoms with van der Waals surface area (Å²) < 4.78 is 0.971. The van der Waals surface area contributed by atoms with E-state index >= 15 is 0 Å². The van der Waals surface area contributed by atoms with Gasteiger partial charge in [0.1, 0.15) is 0 Å². The Morgan fingerprint density at radius 2 is 2.14 bits per heavy atom. The maximum atomic E-state index is 6.02. The number of hydrogen-bond acceptors (Lipinski definition) is 3. The average Bonchev–Trinajstić information content (AvgIpc) is 2.97. The summed E-state index contributed by atoms with van der Waals surface area (Å²) in [5, 5.41) is 11.2. The van der Waals surface area contributed by atoms with Crippen molar-refractivity contribution in [3.63, 3.8) is 0 Å². The summed E-state index contributed by atoms with van der Waals surface area (Å²) >= 11 is 9.52. The van der Waals surface area contributed by atoms with Gasteiger partial charge in [-0.15, -0.1) is 0 Å². The maximum Gasteiger partial charge on any atom is 0.0715 e. The van der Waals surface area contributed by atoms with E-state index in [4.69, 9.17) is 11.6 Å². The average molecular weight is 364 g/mol. The molecule has 2 aromatic heterocycles. The highest BCUT2D eigenvalue weighted by Gasteiger charge is 2.08. The molecule has 2 heterocycles. The fourth-order valence-electron chi connectivity index (χ4n) is 2.03. The maximum absolute atomic E-state index is 6.02. The smallest absolute Gasteiger partial charge is 0.0715 e. The van der Waals surface area contributed by atoms with Crippen molar-refractivity contribution < 1.29 is 0 Å². The molecule has 0 fully saturated rings. The van der Waals surface area contributed by atoms with Gasteiger partial charge in [0.2, 0.25) is 0 Å². The number of benzene rings is 1. The number of hydrogen-bond donors (Lipinski definition) is 2. The van der Waals surface area contributed by atoms with Crippen molar-refractivity contribution in [1.82, 2.24) is 15.2 Å². The largest absolute Gasteiger partial charge is 0.380 e. The summed E-state index contributed by atoms with van der Waals surface area (Å²) in [5.74, 6) is 0. The van der Waals surface area contributed by atoms with Crippen LogP contribution in [0.5, 0.6) is 0 Å². The predicted molar refractivity (Wildman–Crippen MR) is 88.3 cm³/mol. The molecule has 4 nitrogen and oxygen atoms in total. The molecular formula is C15H12BrClN4. The molecule has 6 heteroatoms. The van der Waals surface area contributed by atoms with Gasteiger partial charge in [0.05, 0.1) is 17.6 Å². The third kappa shape index (κ3) is 3.25. The summed E-state index contributed by atoms with van der Waals surface area (Å²) in [4.78, 5) is 4.13. The van der Waals surface area contributed by atoms with Gasteiger partial charge in [0.15, 0.2) is 0 Å². The number of anilines is 1. The van der Waals surface area contributed by atoms with E-state index in [1.54, 1.807) is 6.20 Å². The van der Waals surface area contributed by atoms with Gasteiger partial charge in [-0.25, -0.2) is 0 Å². The van der Waals surface area contributed by atoms with Gasteiger partial charge in [-0.1, -0.05) is 11.6 Å². The van der Waals surface area contributed by atoms with E-state index in [1.807, 2.05) is 42.7 Å². The van der Waals surface area contributed by atoms with Crippen LogP contribution >= 0.6 is 27.5 Å². The lowest BCUT2D eigenvalue weighted by Gasteiger charge is -2.09. The molecule has 3 aromatic rings. The van der Waals surface area contributed by atoms with Crippen LogP contribution in [0.2, 0.25) is 5.02 Å². The third-order valence-corrected chi connectivity index (χ3v) is 3.99. The number of H-pyrrole nitrogens is 1. The Bertz CT molecular complexity index is 742. The molecule has 0 saturated heterocycles. The lowest BCUT2D eigenvalue weighted by atomic mass is 10.1. The minimum Gasteiger partial charge on any atom is -0.380 e. The molecule has 106 valence electrons. The zero-order valence-electron chi connectivity index (χ0n) is 11.0. The van der Waals surface area contributed by atoms with Gasteiger partial charge in [0, 0.05) is 39.6 Å². The molecule has 0 aliphatic carbocycles. The highest BCUT2D eigenvalue weighted by molar-refractivity contribution is 9.10. The number of aromatic amines is 1. The number of aromatic nitrogens is 3. The molecular weight excluding hydrogens is 352 g/mol. The lowest BCUT2D eigenvalue weighted by molar-refractivity contribution is 1.09. The number of nitrogens with zero attached hydrogens (tertiary/aromatic N) is 2. The Labute approximate surface area is 135 Å². The highest BCUT2D eigenvalue weighted by Crippen LogP contribution is 2.27. The van der Waals surface area contributed by atoms with E-state index in [0.29, 0.717) is 11.6 Å². The van der Waals surface area contributed by atoms with Crippen LogP contribution in [-0.4, -0.2) is 15.2 Å². The number of rotatable bonds is 4. The minimum atomic E-state index is 0.639. The van der Waals surface area contributed by atoms with Crippen LogP contribution in [0.3, 0.4) is 0 Å². The van der Waals surface area contributed by atoms with Crippen LogP contribution in [0.25, 0.3) is 11.3 Å². The van der Waals surface area contributed by atoms with Crippen LogP contribution in [-0.2, 0) is 6.54 Å². The SMILES string of the molecule is Clc1ccc(Br)c(NCc2cn[nH]c2-c2cccnc2)c1. The molecule has 21 heavy (non-hydrogen) atoms. The second kappa shape index (κ2) is 6.28. The molecule has 0 bridgehead atoms. The minimum absolute atomic E-state index is 0.639. The topological polar surface area (TPSA) is 53.6 Å². The monoisotopic (exact) mass is 362 g/mol. The highest BCUT2D eigenvalue weighted by atomic mass is 79.9. The van der Waals surface area contributed by atoms with Gasteiger partial charge in [0.25, 0.3) is 0 Å². The molecule has 0 amide bonds. The van der Waals surface area contributed by atoms with Crippen molar-refractivity contribution in [3.8, 4) is 11.3 Å². The zero-order chi connectivity index (χ0) is 14.7. The summed E-state index contributed by atoms with van der Waals surface area (Å²) in [6, 6.07) is 9.55. The van der Waals surface area contributed by atoms with E-state index in [9.17, 15) is 0 Å². The first-order valence-corrected chi connectivity index (χ1v) is 7.52. The third-order valence-electron chi connectivity index (χ3n) is 3.07. The lowest BCUT2D eigenvalue weighted by Crippen LogP contribution is -2.00. The number of halogens is 2. The van der Waals surface area contributed by atoms with Crippen LogP contribution in [0, 0.1) is 0 Å². The van der Waals surface area contributed by atoms with Gasteiger partial charge in [-0.2, -0.15) is 5.10 Å². The summed E-state index contributed by atoms with van der Waals surface area (Å²) in [7, 11) is 0. The van der Waals surface area contributed by atoms with Gasteiger partial charge in [-0.05, 0) is 46.3 Å². The predicted octanol–water partition coefficient (Wildman–Crippen LogP) is 4.50.